The molecule has 2 N–H and O–H groups in total. The first kappa shape index (κ1) is 21.1. The van der Waals surface area contributed by atoms with Crippen LogP contribution in [0.3, 0.4) is 0 Å². The Bertz CT molecular complexity index is 615. The topological polar surface area (TPSA) is 42.9 Å². The van der Waals surface area contributed by atoms with Gasteiger partial charge in [0.25, 0.3) is 0 Å². The van der Waals surface area contributed by atoms with Gasteiger partial charge in [-0.2, -0.15) is 0 Å². The summed E-state index contributed by atoms with van der Waals surface area (Å²) in [4.78, 5) is 9.52. The van der Waals surface area contributed by atoms with Crippen molar-refractivity contribution < 1.29 is 0 Å². The first-order valence-corrected chi connectivity index (χ1v) is 11.1. The van der Waals surface area contributed by atoms with Crippen molar-refractivity contribution in [3.63, 3.8) is 0 Å². The predicted molar refractivity (Wildman–Crippen MR) is 119 cm³/mol. The Kier molecular flexibility index (Phi) is 8.16. The highest BCUT2D eigenvalue weighted by Crippen LogP contribution is 2.21. The maximum atomic E-state index is 4.44. The van der Waals surface area contributed by atoms with E-state index in [4.69, 9.17) is 0 Å². The van der Waals surface area contributed by atoms with Crippen LogP contribution in [0.5, 0.6) is 0 Å². The summed E-state index contributed by atoms with van der Waals surface area (Å²) in [7, 11) is 4.14. The van der Waals surface area contributed by atoms with E-state index in [1.54, 1.807) is 0 Å². The van der Waals surface area contributed by atoms with Gasteiger partial charge in [-0.05, 0) is 45.2 Å². The molecule has 1 aliphatic heterocycles. The number of aliphatic imine (C=N–C) groups is 1. The molecule has 3 rings (SSSR count). The van der Waals surface area contributed by atoms with Crippen molar-refractivity contribution in [3.05, 3.63) is 35.4 Å². The van der Waals surface area contributed by atoms with E-state index in [1.807, 2.05) is 7.05 Å². The molecular formula is C23H39N5. The molecule has 0 bridgehead atoms. The molecule has 0 spiro atoms. The molecule has 0 amide bonds. The predicted octanol–water partition coefficient (Wildman–Crippen LogP) is 3.00. The van der Waals surface area contributed by atoms with Crippen molar-refractivity contribution in [2.45, 2.75) is 64.1 Å². The average molecular weight is 386 g/mol. The van der Waals surface area contributed by atoms with Crippen molar-refractivity contribution in [1.29, 1.82) is 0 Å². The number of hydrogen-bond acceptors (Lipinski definition) is 3. The second-order valence-electron chi connectivity index (χ2n) is 8.60. The van der Waals surface area contributed by atoms with E-state index in [-0.39, 0.29) is 0 Å². The molecule has 1 aliphatic carbocycles. The summed E-state index contributed by atoms with van der Waals surface area (Å²) < 4.78 is 0. The van der Waals surface area contributed by atoms with Gasteiger partial charge in [0.05, 0.1) is 0 Å². The number of aryl methyl sites for hydroxylation is 1. The number of guanidine groups is 1. The van der Waals surface area contributed by atoms with Crippen LogP contribution in [0.2, 0.25) is 0 Å². The molecule has 5 heteroatoms. The zero-order chi connectivity index (χ0) is 19.8. The van der Waals surface area contributed by atoms with Gasteiger partial charge in [-0.3, -0.25) is 9.89 Å². The van der Waals surface area contributed by atoms with Crippen molar-refractivity contribution in [1.82, 2.24) is 20.4 Å². The van der Waals surface area contributed by atoms with Crippen molar-refractivity contribution in [2.24, 2.45) is 4.99 Å². The lowest BCUT2D eigenvalue weighted by atomic mass is 10.0. The zero-order valence-electron chi connectivity index (χ0n) is 18.1. The summed E-state index contributed by atoms with van der Waals surface area (Å²) in [6.07, 6.45) is 7.88. The summed E-state index contributed by atoms with van der Waals surface area (Å²) in [5.41, 5.74) is 2.78. The van der Waals surface area contributed by atoms with Gasteiger partial charge >= 0.3 is 0 Å². The fourth-order valence-electron chi connectivity index (χ4n) is 4.57. The van der Waals surface area contributed by atoms with E-state index >= 15 is 0 Å². The van der Waals surface area contributed by atoms with E-state index in [0.29, 0.717) is 6.04 Å². The quantitative estimate of drug-likeness (QED) is 0.559. The van der Waals surface area contributed by atoms with Gasteiger partial charge in [0.15, 0.2) is 5.96 Å². The van der Waals surface area contributed by atoms with Gasteiger partial charge in [-0.25, -0.2) is 0 Å². The van der Waals surface area contributed by atoms with Gasteiger partial charge in [0.2, 0.25) is 0 Å². The molecule has 156 valence electrons. The summed E-state index contributed by atoms with van der Waals surface area (Å²) in [6, 6.07) is 10.2. The molecule has 1 heterocycles. The average Bonchev–Trinajstić information content (AvgIpc) is 3.23. The second kappa shape index (κ2) is 10.8. The number of benzene rings is 1. The lowest BCUT2D eigenvalue weighted by molar-refractivity contribution is 0.198. The van der Waals surface area contributed by atoms with Crippen LogP contribution in [-0.2, 0) is 6.54 Å². The summed E-state index contributed by atoms with van der Waals surface area (Å²) in [5.74, 6) is 0.956. The van der Waals surface area contributed by atoms with Gasteiger partial charge in [0.1, 0.15) is 0 Å². The summed E-state index contributed by atoms with van der Waals surface area (Å²) >= 11 is 0. The third-order valence-corrected chi connectivity index (χ3v) is 6.35. The SMILES string of the molecule is CN=C(NCCN(C)C1CCCC1)NC1CCN(Cc2cccc(C)c2)CC1. The molecule has 2 fully saturated rings. The van der Waals surface area contributed by atoms with E-state index in [1.165, 1.54) is 49.7 Å². The number of nitrogens with zero attached hydrogens (tertiary/aromatic N) is 3. The minimum absolute atomic E-state index is 0.521. The molecule has 2 aliphatic rings. The fraction of sp³-hybridized carbons (Fsp3) is 0.696. The lowest BCUT2D eigenvalue weighted by Gasteiger charge is -2.33. The van der Waals surface area contributed by atoms with E-state index in [9.17, 15) is 0 Å². The van der Waals surface area contributed by atoms with Crippen LogP contribution in [0.15, 0.2) is 29.3 Å². The molecule has 1 aromatic carbocycles. The minimum atomic E-state index is 0.521. The number of hydrogen-bond donors (Lipinski definition) is 2. The summed E-state index contributed by atoms with van der Waals surface area (Å²) in [6.45, 7) is 7.57. The Labute approximate surface area is 171 Å². The summed E-state index contributed by atoms with van der Waals surface area (Å²) in [5, 5.41) is 7.15. The Morgan fingerprint density at radius 3 is 2.61 bits per heavy atom. The number of nitrogens with one attached hydrogen (secondary N) is 2. The highest BCUT2D eigenvalue weighted by molar-refractivity contribution is 5.79. The highest BCUT2D eigenvalue weighted by Gasteiger charge is 2.21. The standard InChI is InChI=1S/C23H39N5/c1-19-7-6-8-20(17-19)18-28-14-11-21(12-15-28)26-23(24-2)25-13-16-27(3)22-9-4-5-10-22/h6-8,17,21-22H,4-5,9-16,18H2,1-3H3,(H2,24,25,26). The first-order valence-electron chi connectivity index (χ1n) is 11.1. The lowest BCUT2D eigenvalue weighted by Crippen LogP contribution is -2.49. The maximum absolute atomic E-state index is 4.44. The van der Waals surface area contributed by atoms with Gasteiger partial charge in [-0.1, -0.05) is 42.7 Å². The Hall–Kier alpha value is -1.59. The molecule has 1 saturated carbocycles. The van der Waals surface area contributed by atoms with Crippen molar-refractivity contribution >= 4 is 5.96 Å². The Morgan fingerprint density at radius 1 is 1.18 bits per heavy atom. The number of likely N-dealkylation sites (tertiary alicyclic amines) is 1. The number of likely N-dealkylation sites (N-methyl/N-ethyl adjacent to an activating group) is 1. The van der Waals surface area contributed by atoms with E-state index < -0.39 is 0 Å². The molecule has 0 atom stereocenters. The van der Waals surface area contributed by atoms with Crippen LogP contribution in [0.4, 0.5) is 0 Å². The third kappa shape index (κ3) is 6.49. The molecule has 0 aromatic heterocycles. The minimum Gasteiger partial charge on any atom is -0.355 e. The van der Waals surface area contributed by atoms with E-state index in [0.717, 1.165) is 44.7 Å². The van der Waals surface area contributed by atoms with Crippen LogP contribution < -0.4 is 10.6 Å². The van der Waals surface area contributed by atoms with Crippen LogP contribution in [-0.4, -0.2) is 68.1 Å². The Morgan fingerprint density at radius 2 is 1.93 bits per heavy atom. The van der Waals surface area contributed by atoms with Gasteiger partial charge in [-0.15, -0.1) is 0 Å². The zero-order valence-corrected chi connectivity index (χ0v) is 18.1. The molecule has 1 saturated heterocycles. The third-order valence-electron chi connectivity index (χ3n) is 6.35. The first-order chi connectivity index (χ1) is 13.6. The molecule has 28 heavy (non-hydrogen) atoms. The van der Waals surface area contributed by atoms with Gasteiger partial charge in [0, 0.05) is 51.9 Å². The van der Waals surface area contributed by atoms with Crippen LogP contribution in [0.1, 0.15) is 49.7 Å². The number of piperidine rings is 1. The largest absolute Gasteiger partial charge is 0.355 e. The molecule has 0 radical (unpaired) electrons. The number of rotatable bonds is 7. The van der Waals surface area contributed by atoms with E-state index in [2.05, 4.69) is 63.7 Å². The van der Waals surface area contributed by atoms with Gasteiger partial charge < -0.3 is 15.5 Å². The maximum Gasteiger partial charge on any atom is 0.191 e. The normalized spacial score (nSPS) is 20.1. The molecular weight excluding hydrogens is 346 g/mol. The Balaban J connectivity index is 1.34. The second-order valence-corrected chi connectivity index (χ2v) is 8.60. The highest BCUT2D eigenvalue weighted by atomic mass is 15.2. The van der Waals surface area contributed by atoms with Crippen LogP contribution in [0.25, 0.3) is 0 Å². The van der Waals surface area contributed by atoms with Crippen molar-refractivity contribution in [2.75, 3.05) is 40.3 Å². The van der Waals surface area contributed by atoms with Crippen LogP contribution in [0, 0.1) is 6.92 Å². The molecule has 1 aromatic rings. The molecule has 0 unspecified atom stereocenters. The monoisotopic (exact) mass is 385 g/mol. The molecule has 5 nitrogen and oxygen atoms in total. The van der Waals surface area contributed by atoms with Crippen LogP contribution >= 0.6 is 0 Å². The smallest absolute Gasteiger partial charge is 0.191 e. The van der Waals surface area contributed by atoms with Crippen molar-refractivity contribution in [3.8, 4) is 0 Å². The fourth-order valence-corrected chi connectivity index (χ4v) is 4.57.